The Bertz CT molecular complexity index is 145. The molecule has 3 heteroatoms. The smallest absolute Gasteiger partial charge is 0.150 e. The largest absolute Gasteiger partial charge is 0.368 e. The summed E-state index contributed by atoms with van der Waals surface area (Å²) in [6.45, 7) is 3.41. The molecule has 1 unspecified atom stereocenters. The first kappa shape index (κ1) is 6.86. The molecule has 51 valence electrons. The van der Waals surface area contributed by atoms with E-state index in [-0.39, 0.29) is 0 Å². The standard InChI is InChI=1S/C6H10NOS/c1-6(7,8)9-4-2-3-5-9/h2-5,8-9H,1,7H2. The van der Waals surface area contributed by atoms with Gasteiger partial charge < -0.3 is 5.11 Å². The van der Waals surface area contributed by atoms with E-state index >= 15 is 0 Å². The molecule has 3 N–H and O–H groups in total. The molecular weight excluding hydrogens is 134 g/mol. The number of thiol groups is 1. The lowest BCUT2D eigenvalue weighted by Crippen LogP contribution is -2.33. The van der Waals surface area contributed by atoms with Gasteiger partial charge in [-0.1, -0.05) is 12.2 Å². The minimum atomic E-state index is -1.28. The lowest BCUT2D eigenvalue weighted by atomic mass is 10.6. The minimum Gasteiger partial charge on any atom is -0.368 e. The van der Waals surface area contributed by atoms with Crippen molar-refractivity contribution in [2.45, 2.75) is 5.06 Å². The zero-order valence-electron chi connectivity index (χ0n) is 4.99. The molecule has 0 saturated heterocycles. The summed E-state index contributed by atoms with van der Waals surface area (Å²) in [5, 5.41) is 11.6. The molecular formula is C6H10NOS. The van der Waals surface area contributed by atoms with Crippen LogP contribution in [0.25, 0.3) is 0 Å². The van der Waals surface area contributed by atoms with E-state index in [2.05, 4.69) is 6.92 Å². The molecule has 1 atom stereocenters. The normalized spacial score (nSPS) is 26.8. The average molecular weight is 144 g/mol. The number of allylic oxidation sites excluding steroid dienone is 2. The van der Waals surface area contributed by atoms with Gasteiger partial charge in [0.15, 0.2) is 5.06 Å². The molecule has 1 heterocycles. The van der Waals surface area contributed by atoms with Crippen molar-refractivity contribution in [3.8, 4) is 0 Å². The van der Waals surface area contributed by atoms with Crippen molar-refractivity contribution in [3.63, 3.8) is 0 Å². The van der Waals surface area contributed by atoms with Crippen molar-refractivity contribution in [1.82, 2.24) is 0 Å². The van der Waals surface area contributed by atoms with Crippen LogP contribution in [0.3, 0.4) is 0 Å². The van der Waals surface area contributed by atoms with Crippen molar-refractivity contribution in [2.24, 2.45) is 5.73 Å². The number of aliphatic hydroxyl groups is 1. The van der Waals surface area contributed by atoms with Crippen LogP contribution in [-0.2, 0) is 0 Å². The fourth-order valence-corrected chi connectivity index (χ4v) is 1.78. The molecule has 0 spiro atoms. The van der Waals surface area contributed by atoms with E-state index in [1.807, 2.05) is 23.0 Å². The third kappa shape index (κ3) is 1.58. The molecule has 0 saturated carbocycles. The van der Waals surface area contributed by atoms with Gasteiger partial charge in [-0.25, -0.2) is 0 Å². The molecule has 0 amide bonds. The van der Waals surface area contributed by atoms with Gasteiger partial charge in [-0.05, 0) is 10.8 Å². The second-order valence-electron chi connectivity index (χ2n) is 1.97. The highest BCUT2D eigenvalue weighted by Crippen LogP contribution is 2.40. The first-order valence-electron chi connectivity index (χ1n) is 2.61. The summed E-state index contributed by atoms with van der Waals surface area (Å²) < 4.78 is 0. The van der Waals surface area contributed by atoms with Gasteiger partial charge in [0.2, 0.25) is 0 Å². The number of hydrogen-bond donors (Lipinski definition) is 3. The third-order valence-corrected chi connectivity index (χ3v) is 2.93. The maximum absolute atomic E-state index is 9.11. The van der Waals surface area contributed by atoms with Crippen LogP contribution in [0.1, 0.15) is 0 Å². The van der Waals surface area contributed by atoms with E-state index < -0.39 is 16.0 Å². The van der Waals surface area contributed by atoms with Crippen LogP contribution in [0.2, 0.25) is 0 Å². The van der Waals surface area contributed by atoms with Crippen LogP contribution < -0.4 is 5.73 Å². The Morgan fingerprint density at radius 1 is 1.44 bits per heavy atom. The van der Waals surface area contributed by atoms with Gasteiger partial charge in [0, 0.05) is 6.92 Å². The molecule has 0 aromatic carbocycles. The topological polar surface area (TPSA) is 46.2 Å². The predicted molar refractivity (Wildman–Crippen MR) is 41.8 cm³/mol. The van der Waals surface area contributed by atoms with Crippen molar-refractivity contribution < 1.29 is 5.11 Å². The van der Waals surface area contributed by atoms with Crippen LogP contribution >= 0.6 is 10.9 Å². The Morgan fingerprint density at radius 3 is 2.11 bits per heavy atom. The highest BCUT2D eigenvalue weighted by Gasteiger charge is 2.19. The van der Waals surface area contributed by atoms with Crippen LogP contribution in [0.4, 0.5) is 0 Å². The second-order valence-corrected chi connectivity index (χ2v) is 4.15. The summed E-state index contributed by atoms with van der Waals surface area (Å²) in [5.74, 6) is 0. The van der Waals surface area contributed by atoms with E-state index in [0.717, 1.165) is 0 Å². The van der Waals surface area contributed by atoms with Crippen molar-refractivity contribution in [2.75, 3.05) is 0 Å². The predicted octanol–water partition coefficient (Wildman–Crippen LogP) is 0.467. The first-order valence-corrected chi connectivity index (χ1v) is 4.09. The van der Waals surface area contributed by atoms with Crippen LogP contribution in [0, 0.1) is 6.92 Å². The summed E-state index contributed by atoms with van der Waals surface area (Å²) in [5.41, 5.74) is 5.31. The summed E-state index contributed by atoms with van der Waals surface area (Å²) in [6.07, 6.45) is 3.74. The molecule has 1 radical (unpaired) electrons. The molecule has 9 heavy (non-hydrogen) atoms. The van der Waals surface area contributed by atoms with Gasteiger partial charge in [-0.15, -0.1) is 0 Å². The van der Waals surface area contributed by atoms with Gasteiger partial charge in [-0.2, -0.15) is 10.9 Å². The maximum Gasteiger partial charge on any atom is 0.150 e. The highest BCUT2D eigenvalue weighted by molar-refractivity contribution is 8.23. The minimum absolute atomic E-state index is 0.725. The first-order chi connectivity index (χ1) is 4.11. The average Bonchev–Trinajstić information content (AvgIpc) is 2.08. The fraction of sp³-hybridized carbons (Fsp3) is 0.167. The van der Waals surface area contributed by atoms with Gasteiger partial charge >= 0.3 is 0 Å². The molecule has 1 aliphatic rings. The fourth-order valence-electron chi connectivity index (χ4n) is 0.593. The number of hydrogen-bond acceptors (Lipinski definition) is 2. The summed E-state index contributed by atoms with van der Waals surface area (Å²) in [4.78, 5) is 0. The maximum atomic E-state index is 9.11. The quantitative estimate of drug-likeness (QED) is 0.370. The van der Waals surface area contributed by atoms with Gasteiger partial charge in [0.05, 0.1) is 0 Å². The van der Waals surface area contributed by atoms with Crippen LogP contribution in [0.15, 0.2) is 23.0 Å². The van der Waals surface area contributed by atoms with E-state index in [9.17, 15) is 0 Å². The highest BCUT2D eigenvalue weighted by atomic mass is 32.2. The van der Waals surface area contributed by atoms with Crippen molar-refractivity contribution in [1.29, 1.82) is 0 Å². The molecule has 1 aliphatic heterocycles. The van der Waals surface area contributed by atoms with E-state index in [1.165, 1.54) is 0 Å². The molecule has 0 aromatic heterocycles. The Morgan fingerprint density at radius 2 is 1.89 bits per heavy atom. The zero-order chi connectivity index (χ0) is 6.91. The molecule has 0 aromatic rings. The Hall–Kier alpha value is -0.250. The number of rotatable bonds is 1. The Labute approximate surface area is 57.4 Å². The molecule has 0 aliphatic carbocycles. The zero-order valence-corrected chi connectivity index (χ0v) is 5.88. The summed E-state index contributed by atoms with van der Waals surface area (Å²) in [7, 11) is -0.725. The lowest BCUT2D eigenvalue weighted by molar-refractivity contribution is 0.192. The molecule has 0 bridgehead atoms. The molecule has 0 fully saturated rings. The van der Waals surface area contributed by atoms with E-state index in [4.69, 9.17) is 10.8 Å². The Balaban J connectivity index is 2.64. The molecule has 2 nitrogen and oxygen atoms in total. The van der Waals surface area contributed by atoms with Crippen molar-refractivity contribution in [3.05, 3.63) is 29.9 Å². The van der Waals surface area contributed by atoms with Crippen molar-refractivity contribution >= 4 is 10.9 Å². The summed E-state index contributed by atoms with van der Waals surface area (Å²) >= 11 is 0. The Kier molecular flexibility index (Phi) is 1.66. The van der Waals surface area contributed by atoms with E-state index in [0.29, 0.717) is 0 Å². The van der Waals surface area contributed by atoms with Crippen LogP contribution in [-0.4, -0.2) is 10.2 Å². The number of nitrogens with two attached hydrogens (primary N) is 1. The third-order valence-electron chi connectivity index (χ3n) is 1.05. The second kappa shape index (κ2) is 2.17. The van der Waals surface area contributed by atoms with Gasteiger partial charge in [0.1, 0.15) is 0 Å². The van der Waals surface area contributed by atoms with Gasteiger partial charge in [-0.3, -0.25) is 5.73 Å². The van der Waals surface area contributed by atoms with Crippen LogP contribution in [0.5, 0.6) is 0 Å². The SMILES string of the molecule is [CH2]C(N)(O)[SH]1C=CC=C1. The lowest BCUT2D eigenvalue weighted by Gasteiger charge is -2.25. The van der Waals surface area contributed by atoms with E-state index in [1.54, 1.807) is 0 Å². The summed E-state index contributed by atoms with van der Waals surface area (Å²) in [6, 6.07) is 0. The monoisotopic (exact) mass is 144 g/mol. The van der Waals surface area contributed by atoms with Gasteiger partial charge in [0.25, 0.3) is 0 Å². The molecule has 1 rings (SSSR count).